The molecule has 0 aliphatic carbocycles. The molecule has 5 heteroatoms. The molecule has 0 atom stereocenters. The molecule has 0 radical (unpaired) electrons. The number of hydrogen-bond acceptors (Lipinski definition) is 4. The van der Waals surface area contributed by atoms with Crippen LogP contribution in [0.25, 0.3) is 0 Å². The zero-order valence-corrected chi connectivity index (χ0v) is 4.33. The highest BCUT2D eigenvalue weighted by molar-refractivity contribution is 5.56. The lowest BCUT2D eigenvalue weighted by atomic mass is 10.8. The van der Waals surface area contributed by atoms with Crippen LogP contribution in [-0.4, -0.2) is 29.6 Å². The van der Waals surface area contributed by atoms with Crippen molar-refractivity contribution >= 4 is 6.16 Å². The fourth-order valence-electron chi connectivity index (χ4n) is 0.133. The number of carboxylic acid groups (broad SMARTS) is 1. The average Bonchev–Trinajstić information content (AvgIpc) is 1.61. The second-order valence-electron chi connectivity index (χ2n) is 0.838. The molecule has 0 bridgehead atoms. The first-order chi connectivity index (χ1) is 3.27. The third-order valence-corrected chi connectivity index (χ3v) is 0.317. The molecule has 0 unspecified atom stereocenters. The predicted molar refractivity (Wildman–Crippen MR) is 26.1 cm³/mol. The lowest BCUT2D eigenvalue weighted by Gasteiger charge is -1.91. The molecule has 0 heterocycles. The SMILES string of the molecule is N.O=C(O)OCCO. The predicted octanol–water partition coefficient (Wildman–Crippen LogP) is -0.165. The molecule has 0 rings (SSSR count). The van der Waals surface area contributed by atoms with Crippen molar-refractivity contribution in [1.29, 1.82) is 0 Å². The highest BCUT2D eigenvalue weighted by atomic mass is 16.7. The lowest BCUT2D eigenvalue weighted by molar-refractivity contribution is 0.0743. The fraction of sp³-hybridized carbons (Fsp3) is 0.667. The lowest BCUT2D eigenvalue weighted by Crippen LogP contribution is -2.04. The van der Waals surface area contributed by atoms with Crippen LogP contribution in [0, 0.1) is 0 Å². The van der Waals surface area contributed by atoms with Crippen LogP contribution in [0.5, 0.6) is 0 Å². The molecule has 0 aromatic rings. The van der Waals surface area contributed by atoms with Gasteiger partial charge in [0.2, 0.25) is 0 Å². The first kappa shape index (κ1) is 10.2. The summed E-state index contributed by atoms with van der Waals surface area (Å²) in [5, 5.41) is 15.6. The van der Waals surface area contributed by atoms with E-state index in [0.717, 1.165) is 0 Å². The second-order valence-corrected chi connectivity index (χ2v) is 0.838. The summed E-state index contributed by atoms with van der Waals surface area (Å²) in [6, 6.07) is 0. The van der Waals surface area contributed by atoms with Gasteiger partial charge in [-0.1, -0.05) is 0 Å². The Bertz CT molecular complexity index is 64.3. The van der Waals surface area contributed by atoms with Crippen molar-refractivity contribution in [3.8, 4) is 0 Å². The van der Waals surface area contributed by atoms with Crippen LogP contribution in [0.2, 0.25) is 0 Å². The molecule has 0 saturated carbocycles. The van der Waals surface area contributed by atoms with E-state index in [9.17, 15) is 4.79 Å². The highest BCUT2D eigenvalue weighted by Crippen LogP contribution is 1.71. The minimum atomic E-state index is -1.35. The number of rotatable bonds is 2. The molecule has 0 fully saturated rings. The van der Waals surface area contributed by atoms with Crippen LogP contribution in [0.3, 0.4) is 0 Å². The monoisotopic (exact) mass is 123 g/mol. The van der Waals surface area contributed by atoms with Crippen LogP contribution < -0.4 is 6.15 Å². The Labute approximate surface area is 46.5 Å². The van der Waals surface area contributed by atoms with Crippen LogP contribution in [0.1, 0.15) is 0 Å². The molecule has 0 aromatic heterocycles. The van der Waals surface area contributed by atoms with Crippen LogP contribution in [0.4, 0.5) is 4.79 Å². The Morgan fingerprint density at radius 3 is 2.25 bits per heavy atom. The van der Waals surface area contributed by atoms with Crippen molar-refractivity contribution in [3.63, 3.8) is 0 Å². The van der Waals surface area contributed by atoms with Crippen molar-refractivity contribution in [2.75, 3.05) is 13.2 Å². The molecule has 0 aromatic carbocycles. The Hall–Kier alpha value is -0.810. The summed E-state index contributed by atoms with van der Waals surface area (Å²) in [5.74, 6) is 0. The van der Waals surface area contributed by atoms with Gasteiger partial charge in [-0.25, -0.2) is 4.79 Å². The molecule has 0 spiro atoms. The van der Waals surface area contributed by atoms with E-state index in [4.69, 9.17) is 10.2 Å². The zero-order chi connectivity index (χ0) is 5.70. The summed E-state index contributed by atoms with van der Waals surface area (Å²) in [7, 11) is 0. The molecule has 5 nitrogen and oxygen atoms in total. The van der Waals surface area contributed by atoms with Gasteiger partial charge in [0.15, 0.2) is 0 Å². The average molecular weight is 123 g/mol. The van der Waals surface area contributed by atoms with Gasteiger partial charge in [0.05, 0.1) is 6.61 Å². The maximum absolute atomic E-state index is 9.42. The van der Waals surface area contributed by atoms with E-state index in [1.54, 1.807) is 0 Å². The van der Waals surface area contributed by atoms with Gasteiger partial charge in [-0.15, -0.1) is 0 Å². The van der Waals surface area contributed by atoms with Crippen molar-refractivity contribution in [2.24, 2.45) is 0 Å². The van der Waals surface area contributed by atoms with Crippen LogP contribution >= 0.6 is 0 Å². The van der Waals surface area contributed by atoms with Crippen molar-refractivity contribution in [3.05, 3.63) is 0 Å². The molecule has 0 aliphatic heterocycles. The van der Waals surface area contributed by atoms with Gasteiger partial charge in [-0.2, -0.15) is 0 Å². The first-order valence-corrected chi connectivity index (χ1v) is 1.74. The maximum Gasteiger partial charge on any atom is 0.505 e. The summed E-state index contributed by atoms with van der Waals surface area (Å²) in [5.41, 5.74) is 0. The Morgan fingerprint density at radius 2 is 2.12 bits per heavy atom. The Kier molecular flexibility index (Phi) is 7.91. The third-order valence-electron chi connectivity index (χ3n) is 0.317. The van der Waals surface area contributed by atoms with Crippen molar-refractivity contribution < 1.29 is 19.7 Å². The molecule has 0 aliphatic rings. The molecular weight excluding hydrogens is 114 g/mol. The summed E-state index contributed by atoms with van der Waals surface area (Å²) < 4.78 is 3.86. The van der Waals surface area contributed by atoms with E-state index in [-0.39, 0.29) is 19.4 Å². The largest absolute Gasteiger partial charge is 0.505 e. The maximum atomic E-state index is 9.42. The quantitative estimate of drug-likeness (QED) is 0.442. The van der Waals surface area contributed by atoms with E-state index in [1.165, 1.54) is 0 Å². The Balaban J connectivity index is 0. The molecule has 50 valence electrons. The summed E-state index contributed by atoms with van der Waals surface area (Å²) >= 11 is 0. The van der Waals surface area contributed by atoms with Crippen molar-refractivity contribution in [1.82, 2.24) is 6.15 Å². The number of hydrogen-bond donors (Lipinski definition) is 3. The highest BCUT2D eigenvalue weighted by Gasteiger charge is 1.90. The topological polar surface area (TPSA) is 102 Å². The molecule has 0 amide bonds. The van der Waals surface area contributed by atoms with E-state index >= 15 is 0 Å². The minimum absolute atomic E-state index is 0. The van der Waals surface area contributed by atoms with Gasteiger partial charge < -0.3 is 21.1 Å². The third kappa shape index (κ3) is 8.95. The number of carbonyl (C=O) groups is 1. The van der Waals surface area contributed by atoms with Gasteiger partial charge in [0, 0.05) is 0 Å². The summed E-state index contributed by atoms with van der Waals surface area (Å²) in [6.45, 7) is -0.401. The number of aliphatic hydroxyl groups is 1. The zero-order valence-electron chi connectivity index (χ0n) is 4.33. The molecular formula is C3H9NO4. The van der Waals surface area contributed by atoms with Gasteiger partial charge in [-0.05, 0) is 0 Å². The standard InChI is InChI=1S/C3H6O4.H3N/c4-1-2-7-3(5)6;/h4H,1-2H2,(H,5,6);1H3. The second kappa shape index (κ2) is 6.19. The first-order valence-electron chi connectivity index (χ1n) is 1.74. The van der Waals surface area contributed by atoms with E-state index in [2.05, 4.69) is 4.74 Å². The Morgan fingerprint density at radius 1 is 1.62 bits per heavy atom. The van der Waals surface area contributed by atoms with Gasteiger partial charge in [0.1, 0.15) is 6.61 Å². The molecule has 8 heavy (non-hydrogen) atoms. The van der Waals surface area contributed by atoms with Crippen LogP contribution in [-0.2, 0) is 4.74 Å². The summed E-state index contributed by atoms with van der Waals surface area (Å²) in [6.07, 6.45) is -1.35. The van der Waals surface area contributed by atoms with Gasteiger partial charge in [0.25, 0.3) is 0 Å². The van der Waals surface area contributed by atoms with Gasteiger partial charge >= 0.3 is 6.16 Å². The van der Waals surface area contributed by atoms with E-state index < -0.39 is 6.16 Å². The molecule has 5 N–H and O–H groups in total. The van der Waals surface area contributed by atoms with E-state index in [0.29, 0.717) is 0 Å². The van der Waals surface area contributed by atoms with Gasteiger partial charge in [-0.3, -0.25) is 0 Å². The molecule has 0 saturated heterocycles. The smallest absolute Gasteiger partial charge is 0.450 e. The number of aliphatic hydroxyl groups excluding tert-OH is 1. The van der Waals surface area contributed by atoms with Crippen LogP contribution in [0.15, 0.2) is 0 Å². The fourth-order valence-corrected chi connectivity index (χ4v) is 0.133. The number of ether oxygens (including phenoxy) is 1. The summed E-state index contributed by atoms with van der Waals surface area (Å²) in [4.78, 5) is 9.42. The normalized spacial score (nSPS) is 7.12. The van der Waals surface area contributed by atoms with E-state index in [1.807, 2.05) is 0 Å². The van der Waals surface area contributed by atoms with Crippen molar-refractivity contribution in [2.45, 2.75) is 0 Å². The minimum Gasteiger partial charge on any atom is -0.450 e.